The fraction of sp³-hybridized carbons (Fsp3) is 0.400. The normalized spacial score (nSPS) is 11.9. The van der Waals surface area contributed by atoms with Crippen molar-refractivity contribution in [3.8, 4) is 0 Å². The monoisotopic (exact) mass is 248 g/mol. The molecule has 1 aromatic rings. The Bertz CT molecular complexity index is 384. The van der Waals surface area contributed by atoms with Crippen LogP contribution in [-0.4, -0.2) is 17.7 Å². The molecule has 1 rings (SSSR count). The average Bonchev–Trinajstić information content (AvgIpc) is 2.42. The van der Waals surface area contributed by atoms with Crippen LogP contribution in [0, 0.1) is 0 Å². The van der Waals surface area contributed by atoms with E-state index in [1.54, 1.807) is 24.3 Å². The Morgan fingerprint density at radius 1 is 1.33 bits per heavy atom. The molecule has 0 aliphatic heterocycles. The van der Waals surface area contributed by atoms with Gasteiger partial charge in [-0.1, -0.05) is 56.7 Å². The van der Waals surface area contributed by atoms with Gasteiger partial charge < -0.3 is 9.84 Å². The first-order valence-electron chi connectivity index (χ1n) is 6.25. The maximum absolute atomic E-state index is 11.6. The zero-order chi connectivity index (χ0) is 13.4. The Morgan fingerprint density at radius 3 is 2.61 bits per heavy atom. The second kappa shape index (κ2) is 7.67. The number of carbonyl (C=O) groups excluding carboxylic acids is 1. The molecule has 1 aromatic carbocycles. The Balaban J connectivity index is 2.46. The molecule has 1 N–H and O–H groups in total. The van der Waals surface area contributed by atoms with Crippen LogP contribution in [0.25, 0.3) is 0 Å². The summed E-state index contributed by atoms with van der Waals surface area (Å²) < 4.78 is 5.05. The maximum atomic E-state index is 11.6. The number of hydrogen-bond donors (Lipinski definition) is 1. The van der Waals surface area contributed by atoms with Crippen molar-refractivity contribution in [2.75, 3.05) is 6.61 Å². The van der Waals surface area contributed by atoms with Gasteiger partial charge in [0.15, 0.2) is 0 Å². The van der Waals surface area contributed by atoms with Gasteiger partial charge in [-0.2, -0.15) is 0 Å². The highest BCUT2D eigenvalue weighted by Gasteiger charge is 2.19. The van der Waals surface area contributed by atoms with E-state index in [-0.39, 0.29) is 5.57 Å². The lowest BCUT2D eigenvalue weighted by Crippen LogP contribution is -2.14. The van der Waals surface area contributed by atoms with E-state index in [2.05, 4.69) is 13.5 Å². The summed E-state index contributed by atoms with van der Waals surface area (Å²) in [5.41, 5.74) is 0.728. The van der Waals surface area contributed by atoms with Crippen molar-refractivity contribution < 1.29 is 14.6 Å². The van der Waals surface area contributed by atoms with Crippen molar-refractivity contribution in [1.29, 1.82) is 0 Å². The van der Waals surface area contributed by atoms with Gasteiger partial charge in [0.25, 0.3) is 0 Å². The average molecular weight is 248 g/mol. The number of unbranched alkanes of at least 4 members (excludes halogenated alkanes) is 2. The van der Waals surface area contributed by atoms with Crippen molar-refractivity contribution in [3.05, 3.63) is 48.0 Å². The van der Waals surface area contributed by atoms with Crippen LogP contribution in [0.3, 0.4) is 0 Å². The Labute approximate surface area is 108 Å². The van der Waals surface area contributed by atoms with Crippen LogP contribution in [0.5, 0.6) is 0 Å². The second-order valence-corrected chi connectivity index (χ2v) is 4.18. The van der Waals surface area contributed by atoms with E-state index in [1.165, 1.54) is 0 Å². The van der Waals surface area contributed by atoms with Crippen LogP contribution in [0.2, 0.25) is 0 Å². The van der Waals surface area contributed by atoms with Crippen molar-refractivity contribution in [2.45, 2.75) is 32.3 Å². The smallest absolute Gasteiger partial charge is 0.336 e. The van der Waals surface area contributed by atoms with Crippen LogP contribution in [0.1, 0.15) is 37.9 Å². The van der Waals surface area contributed by atoms with Gasteiger partial charge in [0.2, 0.25) is 0 Å². The molecule has 98 valence electrons. The standard InChI is InChI=1S/C15H20O3/c1-3-4-8-11-18-15(17)12(2)14(16)13-9-6-5-7-10-13/h5-7,9-10,14,16H,2-4,8,11H2,1H3. The zero-order valence-electron chi connectivity index (χ0n) is 10.8. The highest BCUT2D eigenvalue weighted by Crippen LogP contribution is 2.20. The largest absolute Gasteiger partial charge is 0.462 e. The molecular formula is C15H20O3. The Hall–Kier alpha value is -1.61. The zero-order valence-corrected chi connectivity index (χ0v) is 10.8. The van der Waals surface area contributed by atoms with Gasteiger partial charge in [0, 0.05) is 0 Å². The predicted molar refractivity (Wildman–Crippen MR) is 71.0 cm³/mol. The molecule has 0 saturated heterocycles. The number of aliphatic hydroxyl groups is 1. The molecule has 0 aromatic heterocycles. The molecule has 3 heteroatoms. The number of hydrogen-bond acceptors (Lipinski definition) is 3. The van der Waals surface area contributed by atoms with Crippen molar-refractivity contribution in [2.24, 2.45) is 0 Å². The van der Waals surface area contributed by atoms with Gasteiger partial charge in [0.05, 0.1) is 12.2 Å². The SMILES string of the molecule is C=C(C(=O)OCCCCC)C(O)c1ccccc1. The highest BCUT2D eigenvalue weighted by molar-refractivity contribution is 5.89. The number of rotatable bonds is 7. The molecule has 0 aliphatic rings. The summed E-state index contributed by atoms with van der Waals surface area (Å²) >= 11 is 0. The summed E-state index contributed by atoms with van der Waals surface area (Å²) in [6.07, 6.45) is 1.95. The molecule has 0 aliphatic carbocycles. The van der Waals surface area contributed by atoms with E-state index in [1.807, 2.05) is 6.07 Å². The summed E-state index contributed by atoms with van der Waals surface area (Å²) in [7, 11) is 0. The molecular weight excluding hydrogens is 228 g/mol. The van der Waals surface area contributed by atoms with Crippen LogP contribution < -0.4 is 0 Å². The molecule has 1 atom stereocenters. The van der Waals surface area contributed by atoms with Gasteiger partial charge in [-0.15, -0.1) is 0 Å². The Morgan fingerprint density at radius 2 is 2.00 bits per heavy atom. The first-order valence-corrected chi connectivity index (χ1v) is 6.25. The number of carbonyl (C=O) groups is 1. The molecule has 0 radical (unpaired) electrons. The summed E-state index contributed by atoms with van der Waals surface area (Å²) in [5, 5.41) is 9.96. The van der Waals surface area contributed by atoms with Crippen LogP contribution in [0.4, 0.5) is 0 Å². The highest BCUT2D eigenvalue weighted by atomic mass is 16.5. The number of benzene rings is 1. The molecule has 0 bridgehead atoms. The summed E-state index contributed by atoms with van der Waals surface area (Å²) in [4.78, 5) is 11.6. The van der Waals surface area contributed by atoms with Gasteiger partial charge in [-0.25, -0.2) is 4.79 Å². The minimum atomic E-state index is -0.995. The van der Waals surface area contributed by atoms with Crippen molar-refractivity contribution in [3.63, 3.8) is 0 Å². The van der Waals surface area contributed by atoms with Crippen LogP contribution in [0.15, 0.2) is 42.5 Å². The lowest BCUT2D eigenvalue weighted by atomic mass is 10.0. The second-order valence-electron chi connectivity index (χ2n) is 4.18. The van der Waals surface area contributed by atoms with E-state index in [0.717, 1.165) is 19.3 Å². The van der Waals surface area contributed by atoms with Crippen LogP contribution >= 0.6 is 0 Å². The van der Waals surface area contributed by atoms with Crippen molar-refractivity contribution >= 4 is 5.97 Å². The van der Waals surface area contributed by atoms with E-state index in [4.69, 9.17) is 4.74 Å². The Kier molecular flexibility index (Phi) is 6.15. The molecule has 1 unspecified atom stereocenters. The molecule has 18 heavy (non-hydrogen) atoms. The van der Waals surface area contributed by atoms with Crippen LogP contribution in [-0.2, 0) is 9.53 Å². The summed E-state index contributed by atoms with van der Waals surface area (Å²) in [6.45, 7) is 6.07. The third kappa shape index (κ3) is 4.34. The van der Waals surface area contributed by atoms with Gasteiger partial charge >= 0.3 is 5.97 Å². The third-order valence-electron chi connectivity index (χ3n) is 2.69. The minimum Gasteiger partial charge on any atom is -0.462 e. The topological polar surface area (TPSA) is 46.5 Å². The quantitative estimate of drug-likeness (QED) is 0.458. The van der Waals surface area contributed by atoms with Gasteiger partial charge in [-0.3, -0.25) is 0 Å². The predicted octanol–water partition coefficient (Wildman–Crippen LogP) is 3.01. The maximum Gasteiger partial charge on any atom is 0.336 e. The molecule has 0 amide bonds. The molecule has 0 spiro atoms. The molecule has 0 saturated carbocycles. The fourth-order valence-electron chi connectivity index (χ4n) is 1.56. The van der Waals surface area contributed by atoms with Gasteiger partial charge in [-0.05, 0) is 12.0 Å². The third-order valence-corrected chi connectivity index (χ3v) is 2.69. The first-order chi connectivity index (χ1) is 8.66. The fourth-order valence-corrected chi connectivity index (χ4v) is 1.56. The van der Waals surface area contributed by atoms with Crippen molar-refractivity contribution in [1.82, 2.24) is 0 Å². The van der Waals surface area contributed by atoms with E-state index >= 15 is 0 Å². The lowest BCUT2D eigenvalue weighted by molar-refractivity contribution is -0.140. The number of ether oxygens (including phenoxy) is 1. The molecule has 3 nitrogen and oxygen atoms in total. The minimum absolute atomic E-state index is 0.0812. The first kappa shape index (κ1) is 14.5. The van der Waals surface area contributed by atoms with E-state index < -0.39 is 12.1 Å². The molecule has 0 heterocycles. The number of aliphatic hydroxyl groups excluding tert-OH is 1. The lowest BCUT2D eigenvalue weighted by Gasteiger charge is -2.13. The number of esters is 1. The van der Waals surface area contributed by atoms with E-state index in [0.29, 0.717) is 12.2 Å². The van der Waals surface area contributed by atoms with E-state index in [9.17, 15) is 9.90 Å². The summed E-state index contributed by atoms with van der Waals surface area (Å²) in [5.74, 6) is -0.526. The molecule has 0 fully saturated rings. The summed E-state index contributed by atoms with van der Waals surface area (Å²) in [6, 6.07) is 8.96. The van der Waals surface area contributed by atoms with Gasteiger partial charge in [0.1, 0.15) is 6.10 Å².